The first-order valence-corrected chi connectivity index (χ1v) is 5.96. The summed E-state index contributed by atoms with van der Waals surface area (Å²) >= 11 is 1.32. The average Bonchev–Trinajstić information content (AvgIpc) is 2.37. The van der Waals surface area contributed by atoms with Crippen LogP contribution in [-0.4, -0.2) is 22.1 Å². The van der Waals surface area contributed by atoms with Crippen LogP contribution >= 0.6 is 11.8 Å². The van der Waals surface area contributed by atoms with Gasteiger partial charge in [-0.15, -0.1) is 11.7 Å². The van der Waals surface area contributed by atoms with Crippen LogP contribution in [0.5, 0.6) is 0 Å². The molecule has 0 saturated carbocycles. The molecule has 0 aromatic heterocycles. The highest BCUT2D eigenvalue weighted by molar-refractivity contribution is 8.13. The van der Waals surface area contributed by atoms with Crippen molar-refractivity contribution in [3.8, 4) is 0 Å². The summed E-state index contributed by atoms with van der Waals surface area (Å²) < 4.78 is 0. The van der Waals surface area contributed by atoms with Gasteiger partial charge in [0.25, 0.3) is 5.69 Å². The maximum atomic E-state index is 10.4. The molecule has 18 heavy (non-hydrogen) atoms. The first-order valence-electron chi connectivity index (χ1n) is 4.98. The number of rotatable bonds is 5. The standard InChI is InChI=1S/C11H12N4O2S/c1-2-7-18-11(12)14-13-8-9-3-5-10(6-4-9)15(16)17/h2-6,8H,1,7H2,(H2,12,14)/b13-8+. The minimum absolute atomic E-state index is 0.0386. The smallest absolute Gasteiger partial charge is 0.269 e. The zero-order valence-electron chi connectivity index (χ0n) is 9.52. The van der Waals surface area contributed by atoms with Crippen molar-refractivity contribution in [2.24, 2.45) is 15.9 Å². The van der Waals surface area contributed by atoms with Gasteiger partial charge in [0.2, 0.25) is 0 Å². The van der Waals surface area contributed by atoms with Gasteiger partial charge < -0.3 is 5.73 Å². The predicted molar refractivity (Wildman–Crippen MR) is 75.0 cm³/mol. The number of benzene rings is 1. The minimum atomic E-state index is -0.455. The predicted octanol–water partition coefficient (Wildman–Crippen LogP) is 2.16. The van der Waals surface area contributed by atoms with E-state index in [0.717, 1.165) is 0 Å². The van der Waals surface area contributed by atoms with Crippen molar-refractivity contribution in [3.05, 3.63) is 52.6 Å². The third kappa shape index (κ3) is 4.79. The Morgan fingerprint density at radius 3 is 2.72 bits per heavy atom. The number of hydrogen-bond acceptors (Lipinski definition) is 5. The van der Waals surface area contributed by atoms with Gasteiger partial charge in [-0.3, -0.25) is 10.1 Å². The third-order valence-corrected chi connectivity index (χ3v) is 2.60. The molecule has 1 aromatic carbocycles. The number of non-ortho nitro benzene ring substituents is 1. The van der Waals surface area contributed by atoms with Crippen molar-refractivity contribution in [1.82, 2.24) is 0 Å². The lowest BCUT2D eigenvalue weighted by atomic mass is 10.2. The van der Waals surface area contributed by atoms with Gasteiger partial charge in [-0.05, 0) is 17.7 Å². The molecule has 0 heterocycles. The van der Waals surface area contributed by atoms with Crippen LogP contribution in [0.2, 0.25) is 0 Å². The van der Waals surface area contributed by atoms with E-state index < -0.39 is 4.92 Å². The molecule has 0 aliphatic rings. The number of nitrogens with zero attached hydrogens (tertiary/aromatic N) is 3. The molecule has 0 aliphatic heterocycles. The largest absolute Gasteiger partial charge is 0.377 e. The number of nitrogens with two attached hydrogens (primary N) is 1. The van der Waals surface area contributed by atoms with E-state index in [2.05, 4.69) is 16.8 Å². The van der Waals surface area contributed by atoms with Gasteiger partial charge in [0.1, 0.15) is 0 Å². The monoisotopic (exact) mass is 264 g/mol. The summed E-state index contributed by atoms with van der Waals surface area (Å²) in [5.41, 5.74) is 6.30. The number of amidine groups is 1. The Morgan fingerprint density at radius 1 is 1.50 bits per heavy atom. The van der Waals surface area contributed by atoms with E-state index in [0.29, 0.717) is 16.5 Å². The Bertz CT molecular complexity index is 482. The van der Waals surface area contributed by atoms with Gasteiger partial charge in [0, 0.05) is 17.9 Å². The third-order valence-electron chi connectivity index (χ3n) is 1.82. The quantitative estimate of drug-likeness (QED) is 0.290. The topological polar surface area (TPSA) is 93.9 Å². The molecule has 7 heteroatoms. The summed E-state index contributed by atoms with van der Waals surface area (Å²) in [5.74, 6) is 0.669. The van der Waals surface area contributed by atoms with E-state index in [4.69, 9.17) is 5.73 Å². The maximum absolute atomic E-state index is 10.4. The van der Waals surface area contributed by atoms with Gasteiger partial charge in [0.05, 0.1) is 11.1 Å². The molecular weight excluding hydrogens is 252 g/mol. The van der Waals surface area contributed by atoms with Crippen molar-refractivity contribution >= 4 is 28.8 Å². The molecule has 1 rings (SSSR count). The molecule has 1 aromatic rings. The van der Waals surface area contributed by atoms with Crippen LogP contribution in [0.1, 0.15) is 5.56 Å². The van der Waals surface area contributed by atoms with E-state index in [9.17, 15) is 10.1 Å². The molecule has 0 radical (unpaired) electrons. The van der Waals surface area contributed by atoms with E-state index in [-0.39, 0.29) is 5.69 Å². The SMILES string of the molecule is C=CCS/C(N)=N/N=C/c1ccc([N+](=O)[O-])cc1. The zero-order valence-corrected chi connectivity index (χ0v) is 10.3. The molecular formula is C11H12N4O2S. The van der Waals surface area contributed by atoms with Gasteiger partial charge in [0.15, 0.2) is 5.17 Å². The second-order valence-corrected chi connectivity index (χ2v) is 4.17. The van der Waals surface area contributed by atoms with E-state index in [1.54, 1.807) is 18.2 Å². The van der Waals surface area contributed by atoms with E-state index in [1.807, 2.05) is 0 Å². The van der Waals surface area contributed by atoms with Gasteiger partial charge in [-0.25, -0.2) is 0 Å². The highest BCUT2D eigenvalue weighted by Crippen LogP contribution is 2.10. The Balaban J connectivity index is 2.61. The van der Waals surface area contributed by atoms with Crippen LogP contribution in [0.15, 0.2) is 47.1 Å². The number of thioether (sulfide) groups is 1. The lowest BCUT2D eigenvalue weighted by Crippen LogP contribution is -2.05. The van der Waals surface area contributed by atoms with Crippen molar-refractivity contribution in [3.63, 3.8) is 0 Å². The van der Waals surface area contributed by atoms with Crippen LogP contribution in [-0.2, 0) is 0 Å². The van der Waals surface area contributed by atoms with Crippen molar-refractivity contribution in [1.29, 1.82) is 0 Å². The first-order chi connectivity index (χ1) is 8.63. The molecule has 0 amide bonds. The number of hydrogen-bond donors (Lipinski definition) is 1. The van der Waals surface area contributed by atoms with Crippen LogP contribution < -0.4 is 5.73 Å². The Morgan fingerprint density at radius 2 is 2.17 bits per heavy atom. The van der Waals surface area contributed by atoms with Crippen molar-refractivity contribution in [2.45, 2.75) is 0 Å². The van der Waals surface area contributed by atoms with Gasteiger partial charge in [-0.1, -0.05) is 17.8 Å². The second kappa shape index (κ2) is 7.23. The molecule has 0 saturated heterocycles. The fourth-order valence-corrected chi connectivity index (χ4v) is 1.40. The summed E-state index contributed by atoms with van der Waals surface area (Å²) in [6, 6.07) is 5.98. The molecule has 0 fully saturated rings. The van der Waals surface area contributed by atoms with Gasteiger partial charge in [-0.2, -0.15) is 5.10 Å². The van der Waals surface area contributed by atoms with Crippen LogP contribution in [0.3, 0.4) is 0 Å². The summed E-state index contributed by atoms with van der Waals surface area (Å²) in [6.07, 6.45) is 3.19. The summed E-state index contributed by atoms with van der Waals surface area (Å²) in [4.78, 5) is 9.98. The maximum Gasteiger partial charge on any atom is 0.269 e. The normalized spacial score (nSPS) is 11.7. The molecule has 0 atom stereocenters. The molecule has 0 unspecified atom stereocenters. The first kappa shape index (κ1) is 13.9. The van der Waals surface area contributed by atoms with Crippen LogP contribution in [0, 0.1) is 10.1 Å². The number of nitro benzene ring substituents is 1. The summed E-state index contributed by atoms with van der Waals surface area (Å²) in [6.45, 7) is 3.56. The summed E-state index contributed by atoms with van der Waals surface area (Å²) in [7, 11) is 0. The average molecular weight is 264 g/mol. The molecule has 6 nitrogen and oxygen atoms in total. The van der Waals surface area contributed by atoms with Crippen LogP contribution in [0.25, 0.3) is 0 Å². The second-order valence-electron chi connectivity index (χ2n) is 3.13. The molecule has 0 aliphatic carbocycles. The molecule has 0 spiro atoms. The zero-order chi connectivity index (χ0) is 13.4. The van der Waals surface area contributed by atoms with E-state index >= 15 is 0 Å². The fourth-order valence-electron chi connectivity index (χ4n) is 1.01. The highest BCUT2D eigenvalue weighted by Gasteiger charge is 2.02. The Kier molecular flexibility index (Phi) is 5.59. The van der Waals surface area contributed by atoms with Crippen molar-refractivity contribution < 1.29 is 4.92 Å². The van der Waals surface area contributed by atoms with Crippen molar-refractivity contribution in [2.75, 3.05) is 5.75 Å². The number of nitro groups is 1. The highest BCUT2D eigenvalue weighted by atomic mass is 32.2. The van der Waals surface area contributed by atoms with E-state index in [1.165, 1.54) is 30.1 Å². The minimum Gasteiger partial charge on any atom is -0.377 e. The molecule has 0 bridgehead atoms. The van der Waals surface area contributed by atoms with Crippen LogP contribution in [0.4, 0.5) is 5.69 Å². The Hall–Kier alpha value is -2.15. The lowest BCUT2D eigenvalue weighted by molar-refractivity contribution is -0.384. The molecule has 94 valence electrons. The van der Waals surface area contributed by atoms with Gasteiger partial charge >= 0.3 is 0 Å². The fraction of sp³-hybridized carbons (Fsp3) is 0.0909. The summed E-state index contributed by atoms with van der Waals surface area (Å²) in [5, 5.41) is 18.3. The molecule has 2 N–H and O–H groups in total. The lowest BCUT2D eigenvalue weighted by Gasteiger charge is -1.93. The Labute approximate surface area is 108 Å².